The normalized spacial score (nSPS) is 14.1. The Labute approximate surface area is 110 Å². The Balaban J connectivity index is 2.77. The molecule has 0 aliphatic rings. The smallest absolute Gasteiger partial charge is 0.254 e. The van der Waals surface area contributed by atoms with Crippen LogP contribution in [0.15, 0.2) is 22.7 Å². The minimum atomic E-state index is -0.996. The van der Waals surface area contributed by atoms with E-state index in [1.165, 1.54) is 12.1 Å². The lowest BCUT2D eigenvalue weighted by atomic mass is 10.2. The van der Waals surface area contributed by atoms with E-state index in [-0.39, 0.29) is 16.1 Å². The molecule has 17 heavy (non-hydrogen) atoms. The second kappa shape index (κ2) is 6.26. The summed E-state index contributed by atoms with van der Waals surface area (Å²) in [5.74, 6) is -0.738. The molecule has 0 bridgehead atoms. The Morgan fingerprint density at radius 2 is 2.24 bits per heavy atom. The summed E-state index contributed by atoms with van der Waals surface area (Å²) in [7, 11) is -0.996. The molecule has 0 saturated heterocycles. The van der Waals surface area contributed by atoms with Gasteiger partial charge in [-0.15, -0.1) is 0 Å². The molecule has 0 saturated carbocycles. The van der Waals surface area contributed by atoms with E-state index < -0.39 is 22.5 Å². The molecule has 1 aromatic carbocycles. The Morgan fingerprint density at radius 1 is 1.59 bits per heavy atom. The van der Waals surface area contributed by atoms with E-state index >= 15 is 0 Å². The molecular weight excluding hydrogens is 309 g/mol. The highest BCUT2D eigenvalue weighted by Crippen LogP contribution is 2.18. The zero-order chi connectivity index (χ0) is 13.0. The van der Waals surface area contributed by atoms with Crippen molar-refractivity contribution in [2.24, 2.45) is 0 Å². The molecule has 0 aromatic heterocycles. The molecule has 0 aliphatic carbocycles. The largest absolute Gasteiger partial charge is 0.349 e. The van der Waals surface area contributed by atoms with Gasteiger partial charge in [0.05, 0.1) is 10.0 Å². The van der Waals surface area contributed by atoms with Crippen molar-refractivity contribution in [2.75, 3.05) is 12.0 Å². The van der Waals surface area contributed by atoms with Crippen LogP contribution in [0.1, 0.15) is 17.3 Å². The van der Waals surface area contributed by atoms with Crippen LogP contribution in [0.2, 0.25) is 0 Å². The third kappa shape index (κ3) is 4.20. The minimum absolute atomic E-state index is 0.0203. The van der Waals surface area contributed by atoms with Crippen LogP contribution in [0.3, 0.4) is 0 Å². The topological polar surface area (TPSA) is 46.2 Å². The summed E-state index contributed by atoms with van der Waals surface area (Å²) in [6, 6.07) is 4.26. The molecule has 3 nitrogen and oxygen atoms in total. The lowest BCUT2D eigenvalue weighted by molar-refractivity contribution is 0.0939. The number of carbonyl (C=O) groups excluding carboxylic acids is 1. The van der Waals surface area contributed by atoms with Gasteiger partial charge in [-0.1, -0.05) is 6.07 Å². The van der Waals surface area contributed by atoms with E-state index in [9.17, 15) is 13.4 Å². The second-order valence-electron chi connectivity index (χ2n) is 3.72. The van der Waals surface area contributed by atoms with Crippen LogP contribution in [0.4, 0.5) is 4.39 Å². The third-order valence-corrected chi connectivity index (χ3v) is 3.64. The van der Waals surface area contributed by atoms with Crippen molar-refractivity contribution < 1.29 is 13.4 Å². The lowest BCUT2D eigenvalue weighted by Crippen LogP contribution is -2.36. The molecule has 0 heterocycles. The van der Waals surface area contributed by atoms with Crippen molar-refractivity contribution in [1.82, 2.24) is 5.32 Å². The first-order valence-corrected chi connectivity index (χ1v) is 7.48. The maximum absolute atomic E-state index is 13.6. The fourth-order valence-corrected chi connectivity index (χ4v) is 2.53. The summed E-state index contributed by atoms with van der Waals surface area (Å²) in [5.41, 5.74) is -0.0203. The van der Waals surface area contributed by atoms with E-state index in [1.54, 1.807) is 19.2 Å². The number of nitrogens with one attached hydrogen (secondary N) is 1. The number of hydrogen-bond acceptors (Lipinski definition) is 2. The van der Waals surface area contributed by atoms with Gasteiger partial charge in [0.2, 0.25) is 0 Å². The van der Waals surface area contributed by atoms with Gasteiger partial charge in [0.1, 0.15) is 5.82 Å². The molecule has 2 atom stereocenters. The van der Waals surface area contributed by atoms with E-state index in [4.69, 9.17) is 0 Å². The summed E-state index contributed by atoms with van der Waals surface area (Å²) in [4.78, 5) is 11.7. The first-order chi connectivity index (χ1) is 7.91. The highest BCUT2D eigenvalue weighted by Gasteiger charge is 2.16. The lowest BCUT2D eigenvalue weighted by Gasteiger charge is -2.13. The number of halogens is 2. The van der Waals surface area contributed by atoms with Crippen LogP contribution >= 0.6 is 15.9 Å². The molecule has 2 unspecified atom stereocenters. The van der Waals surface area contributed by atoms with E-state index in [2.05, 4.69) is 21.2 Å². The van der Waals surface area contributed by atoms with E-state index in [1.807, 2.05) is 0 Å². The predicted molar refractivity (Wildman–Crippen MR) is 70.0 cm³/mol. The number of carbonyl (C=O) groups is 1. The maximum atomic E-state index is 13.6. The minimum Gasteiger partial charge on any atom is -0.349 e. The fraction of sp³-hybridized carbons (Fsp3) is 0.364. The van der Waals surface area contributed by atoms with Crippen LogP contribution in [0, 0.1) is 5.82 Å². The van der Waals surface area contributed by atoms with Gasteiger partial charge < -0.3 is 5.32 Å². The Kier molecular flexibility index (Phi) is 5.27. The van der Waals surface area contributed by atoms with Crippen LogP contribution in [-0.4, -0.2) is 28.2 Å². The monoisotopic (exact) mass is 321 g/mol. The molecule has 0 aliphatic heterocycles. The first-order valence-electron chi connectivity index (χ1n) is 4.96. The molecule has 1 amide bonds. The van der Waals surface area contributed by atoms with Crippen LogP contribution in [0.5, 0.6) is 0 Å². The third-order valence-electron chi connectivity index (χ3n) is 2.06. The summed E-state index contributed by atoms with van der Waals surface area (Å²) >= 11 is 3.02. The molecular formula is C11H13BrFNO2S. The molecule has 1 rings (SSSR count). The first kappa shape index (κ1) is 14.3. The Morgan fingerprint density at radius 3 is 2.82 bits per heavy atom. The summed E-state index contributed by atoms with van der Waals surface area (Å²) in [6.07, 6.45) is 1.56. The van der Waals surface area contributed by atoms with Gasteiger partial charge in [-0.25, -0.2) is 4.39 Å². The van der Waals surface area contributed by atoms with Gasteiger partial charge in [0.15, 0.2) is 0 Å². The highest BCUT2D eigenvalue weighted by molar-refractivity contribution is 9.10. The molecule has 0 spiro atoms. The van der Waals surface area contributed by atoms with Gasteiger partial charge in [0, 0.05) is 28.9 Å². The van der Waals surface area contributed by atoms with Crippen molar-refractivity contribution in [1.29, 1.82) is 0 Å². The SMILES string of the molecule is CC(CS(C)=O)NC(=O)c1cccc(Br)c1F. The van der Waals surface area contributed by atoms with Gasteiger partial charge in [0.25, 0.3) is 5.91 Å². The van der Waals surface area contributed by atoms with Crippen molar-refractivity contribution in [3.63, 3.8) is 0 Å². The van der Waals surface area contributed by atoms with E-state index in [0.717, 1.165) is 0 Å². The van der Waals surface area contributed by atoms with Gasteiger partial charge in [-0.3, -0.25) is 9.00 Å². The summed E-state index contributed by atoms with van der Waals surface area (Å²) in [6.45, 7) is 1.73. The van der Waals surface area contributed by atoms with Crippen molar-refractivity contribution >= 4 is 32.6 Å². The zero-order valence-electron chi connectivity index (χ0n) is 9.50. The summed E-state index contributed by atoms with van der Waals surface area (Å²) < 4.78 is 24.8. The zero-order valence-corrected chi connectivity index (χ0v) is 11.9. The van der Waals surface area contributed by atoms with Crippen LogP contribution in [-0.2, 0) is 10.8 Å². The van der Waals surface area contributed by atoms with Crippen LogP contribution in [0.25, 0.3) is 0 Å². The second-order valence-corrected chi connectivity index (χ2v) is 6.05. The molecule has 94 valence electrons. The molecule has 1 N–H and O–H groups in total. The van der Waals surface area contributed by atoms with Crippen molar-refractivity contribution in [3.05, 3.63) is 34.1 Å². The van der Waals surface area contributed by atoms with Gasteiger partial charge in [-0.2, -0.15) is 0 Å². The quantitative estimate of drug-likeness (QED) is 0.923. The average Bonchev–Trinajstić information content (AvgIpc) is 2.20. The Hall–Kier alpha value is -0.750. The fourth-order valence-electron chi connectivity index (χ4n) is 1.37. The van der Waals surface area contributed by atoms with Gasteiger partial charge >= 0.3 is 0 Å². The van der Waals surface area contributed by atoms with Crippen molar-refractivity contribution in [3.8, 4) is 0 Å². The number of hydrogen-bond donors (Lipinski definition) is 1. The molecule has 0 radical (unpaired) electrons. The maximum Gasteiger partial charge on any atom is 0.254 e. The molecule has 6 heteroatoms. The summed E-state index contributed by atoms with van der Waals surface area (Å²) in [5, 5.41) is 2.60. The Bertz CT molecular complexity index is 453. The number of rotatable bonds is 4. The van der Waals surface area contributed by atoms with Crippen LogP contribution < -0.4 is 5.32 Å². The standard InChI is InChI=1S/C11H13BrFNO2S/c1-7(6-17(2)16)14-11(15)8-4-3-5-9(12)10(8)13/h3-5,7H,6H2,1-2H3,(H,14,15). The number of benzene rings is 1. The molecule has 1 aromatic rings. The van der Waals surface area contributed by atoms with Crippen molar-refractivity contribution in [2.45, 2.75) is 13.0 Å². The van der Waals surface area contributed by atoms with E-state index in [0.29, 0.717) is 5.75 Å². The molecule has 0 fully saturated rings. The average molecular weight is 322 g/mol. The number of amides is 1. The highest BCUT2D eigenvalue weighted by atomic mass is 79.9. The van der Waals surface area contributed by atoms with Gasteiger partial charge in [-0.05, 0) is 35.0 Å². The predicted octanol–water partition coefficient (Wildman–Crippen LogP) is 2.08.